The molecule has 2 aromatic carbocycles. The van der Waals surface area contributed by atoms with Gasteiger partial charge in [-0.1, -0.05) is 19.9 Å². The summed E-state index contributed by atoms with van der Waals surface area (Å²) in [6, 6.07) is 8.66. The topological polar surface area (TPSA) is 113 Å². The summed E-state index contributed by atoms with van der Waals surface area (Å²) < 4.78 is 52.9. The molecule has 1 atom stereocenters. The van der Waals surface area contributed by atoms with Gasteiger partial charge in [-0.05, 0) is 42.7 Å². The van der Waals surface area contributed by atoms with Gasteiger partial charge in [0.05, 0.1) is 35.9 Å². The van der Waals surface area contributed by atoms with E-state index in [1.54, 1.807) is 26.3 Å². The maximum absolute atomic E-state index is 15.4. The highest BCUT2D eigenvalue weighted by Gasteiger charge is 2.53. The van der Waals surface area contributed by atoms with Crippen LogP contribution in [0.4, 0.5) is 18.9 Å². The van der Waals surface area contributed by atoms with Crippen LogP contribution in [0.5, 0.6) is 11.5 Å². The van der Waals surface area contributed by atoms with Crippen LogP contribution in [0.15, 0.2) is 36.4 Å². The van der Waals surface area contributed by atoms with E-state index in [4.69, 9.17) is 0 Å². The van der Waals surface area contributed by atoms with Gasteiger partial charge in [-0.3, -0.25) is 4.79 Å². The molecule has 206 valence electrons. The Kier molecular flexibility index (Phi) is 6.28. The maximum atomic E-state index is 15.4. The second-order valence-electron chi connectivity index (χ2n) is 11.4. The predicted molar refractivity (Wildman–Crippen MR) is 142 cm³/mol. The van der Waals surface area contributed by atoms with Gasteiger partial charge in [0.15, 0.2) is 11.5 Å². The number of benzene rings is 2. The zero-order chi connectivity index (χ0) is 28.5. The highest BCUT2D eigenvalue weighted by Crippen LogP contribution is 2.52. The quantitative estimate of drug-likeness (QED) is 0.319. The van der Waals surface area contributed by atoms with Crippen LogP contribution in [0, 0.1) is 5.82 Å². The Morgan fingerprint density at radius 3 is 2.44 bits per heavy atom. The van der Waals surface area contributed by atoms with Crippen LogP contribution in [0.1, 0.15) is 37.9 Å². The van der Waals surface area contributed by atoms with Crippen molar-refractivity contribution in [1.29, 1.82) is 0 Å². The minimum absolute atomic E-state index is 0.0355. The number of aliphatic hydroxyl groups is 3. The maximum Gasteiger partial charge on any atom is 0.586 e. The number of anilines is 1. The van der Waals surface area contributed by atoms with Crippen LogP contribution in [0.3, 0.4) is 0 Å². The van der Waals surface area contributed by atoms with E-state index in [2.05, 4.69) is 14.8 Å². The Morgan fingerprint density at radius 2 is 1.82 bits per heavy atom. The number of carbonyl (C=O) groups is 1. The van der Waals surface area contributed by atoms with Crippen LogP contribution < -0.4 is 14.8 Å². The Bertz CT molecular complexity index is 1470. The summed E-state index contributed by atoms with van der Waals surface area (Å²) in [5.41, 5.74) is -0.448. The fourth-order valence-electron chi connectivity index (χ4n) is 4.94. The highest BCUT2D eigenvalue weighted by molar-refractivity contribution is 6.39. The molecule has 3 aromatic rings. The van der Waals surface area contributed by atoms with E-state index in [9.17, 15) is 28.9 Å². The molecule has 2 heterocycles. The minimum atomic E-state index is -3.78. The number of nitrogens with one attached hydrogen (secondary N) is 1. The Hall–Kier alpha value is -3.15. The van der Waals surface area contributed by atoms with Gasteiger partial charge in [-0.15, -0.1) is 8.78 Å². The van der Waals surface area contributed by atoms with E-state index in [-0.39, 0.29) is 23.7 Å². The minimum Gasteiger partial charge on any atom is -0.407 e. The molecule has 4 N–H and O–H groups in total. The van der Waals surface area contributed by atoms with Crippen molar-refractivity contribution in [3.63, 3.8) is 0 Å². The molecule has 39 heavy (non-hydrogen) atoms. The molecule has 2 aliphatic rings. The molecule has 13 heteroatoms. The third kappa shape index (κ3) is 4.66. The van der Waals surface area contributed by atoms with Crippen LogP contribution in [0.25, 0.3) is 10.9 Å². The third-order valence-corrected chi connectivity index (χ3v) is 8.15. The summed E-state index contributed by atoms with van der Waals surface area (Å²) in [6.07, 6.45) is -4.01. The molecule has 1 saturated carbocycles. The molecule has 8 nitrogen and oxygen atoms in total. The number of halogens is 3. The van der Waals surface area contributed by atoms with Gasteiger partial charge >= 0.3 is 6.29 Å². The van der Waals surface area contributed by atoms with E-state index in [0.29, 0.717) is 35.0 Å². The van der Waals surface area contributed by atoms with Crippen molar-refractivity contribution in [2.75, 3.05) is 11.9 Å². The molecule has 0 bridgehead atoms. The van der Waals surface area contributed by atoms with Gasteiger partial charge in [0.2, 0.25) is 5.91 Å². The lowest BCUT2D eigenvalue weighted by Gasteiger charge is -2.39. The van der Waals surface area contributed by atoms with Crippen molar-refractivity contribution in [1.82, 2.24) is 4.57 Å². The van der Waals surface area contributed by atoms with Crippen molar-refractivity contribution in [2.45, 2.75) is 61.9 Å². The van der Waals surface area contributed by atoms with Gasteiger partial charge in [0.1, 0.15) is 21.5 Å². The van der Waals surface area contributed by atoms with Gasteiger partial charge in [0.25, 0.3) is 0 Å². The lowest BCUT2D eigenvalue weighted by molar-refractivity contribution is -0.286. The van der Waals surface area contributed by atoms with Crippen LogP contribution in [-0.4, -0.2) is 65.9 Å². The molecule has 0 saturated heterocycles. The molecular weight excluding hydrogens is 515 g/mol. The zero-order valence-corrected chi connectivity index (χ0v) is 22.0. The molecule has 1 aliphatic carbocycles. The molecule has 0 unspecified atom stereocenters. The SMILES string of the molecule is BC(B)(O)C(C)(C)c1cc2cc(NC(=O)C3(c4ccc5c(c4)OC(F)(F)O5)CC3)c(F)cc2n1C[C@@H](O)CO. The van der Waals surface area contributed by atoms with Crippen LogP contribution in [-0.2, 0) is 22.2 Å². The number of aromatic nitrogens is 1. The third-order valence-electron chi connectivity index (χ3n) is 8.15. The molecule has 1 fully saturated rings. The molecule has 5 rings (SSSR count). The lowest BCUT2D eigenvalue weighted by atomic mass is 9.51. The predicted octanol–water partition coefficient (Wildman–Crippen LogP) is 1.32. The van der Waals surface area contributed by atoms with Crippen LogP contribution in [0.2, 0.25) is 0 Å². The van der Waals surface area contributed by atoms with Crippen molar-refractivity contribution in [3.05, 3.63) is 53.5 Å². The Morgan fingerprint density at radius 1 is 1.15 bits per heavy atom. The first-order chi connectivity index (χ1) is 18.1. The first-order valence-corrected chi connectivity index (χ1v) is 12.6. The van der Waals surface area contributed by atoms with E-state index in [1.165, 1.54) is 30.3 Å². The number of rotatable bonds is 8. The standard InChI is InChI=1S/C26H29B2F3N2O6/c1-23(2,25(27,28)37)21-8-13-7-17(16(29)10-18(13)33(21)11-15(35)12-34)32-22(36)24(5-6-24)14-3-4-19-20(9-14)39-26(30,31)38-19/h3-4,7-10,15,34-35,37H,5-6,11-12,27-28H2,1-2H3,(H,32,36)/t15-/m1/s1. The second kappa shape index (κ2) is 8.94. The zero-order valence-electron chi connectivity index (χ0n) is 22.0. The Balaban J connectivity index is 1.49. The normalized spacial score (nSPS) is 18.3. The highest BCUT2D eigenvalue weighted by atomic mass is 19.3. The van der Waals surface area contributed by atoms with E-state index in [0.717, 1.165) is 0 Å². The molecule has 1 aromatic heterocycles. The molecule has 0 spiro atoms. The number of carbonyl (C=O) groups excluding carboxylic acids is 1. The van der Waals surface area contributed by atoms with E-state index < -0.39 is 47.0 Å². The monoisotopic (exact) mass is 544 g/mol. The fourth-order valence-corrected chi connectivity index (χ4v) is 4.94. The number of aliphatic hydroxyl groups excluding tert-OH is 2. The van der Waals surface area contributed by atoms with E-state index in [1.807, 2.05) is 13.8 Å². The molecular formula is C26H29B2F3N2O6. The number of amides is 1. The van der Waals surface area contributed by atoms with Gasteiger partial charge in [-0.25, -0.2) is 4.39 Å². The van der Waals surface area contributed by atoms with Gasteiger partial charge in [0, 0.05) is 28.0 Å². The summed E-state index contributed by atoms with van der Waals surface area (Å²) in [4.78, 5) is 13.4. The van der Waals surface area contributed by atoms with Gasteiger partial charge in [-0.2, -0.15) is 0 Å². The van der Waals surface area contributed by atoms with Crippen molar-refractivity contribution >= 4 is 38.2 Å². The number of ether oxygens (including phenoxy) is 2. The lowest BCUT2D eigenvalue weighted by Crippen LogP contribution is -2.50. The van der Waals surface area contributed by atoms with Crippen molar-refractivity contribution in [3.8, 4) is 11.5 Å². The summed E-state index contributed by atoms with van der Waals surface area (Å²) in [7, 11) is 3.30. The number of fused-ring (bicyclic) bond motifs is 2. The molecule has 1 amide bonds. The van der Waals surface area contributed by atoms with Crippen molar-refractivity contribution < 1.29 is 42.8 Å². The fraction of sp³-hybridized carbons (Fsp3) is 0.423. The van der Waals surface area contributed by atoms with Gasteiger partial charge < -0.3 is 34.7 Å². The number of hydrogen-bond acceptors (Lipinski definition) is 6. The number of nitrogens with zero attached hydrogens (tertiary/aromatic N) is 1. The average molecular weight is 544 g/mol. The summed E-state index contributed by atoms with van der Waals surface area (Å²) in [6.45, 7) is 3.10. The van der Waals surface area contributed by atoms with Crippen molar-refractivity contribution in [2.24, 2.45) is 0 Å². The summed E-state index contributed by atoms with van der Waals surface area (Å²) in [5.74, 6) is -1.50. The average Bonchev–Trinajstić information content (AvgIpc) is 3.49. The molecule has 0 radical (unpaired) electrons. The first kappa shape index (κ1) is 27.4. The Labute approximate surface area is 224 Å². The first-order valence-electron chi connectivity index (χ1n) is 12.6. The van der Waals surface area contributed by atoms with Crippen LogP contribution >= 0.6 is 0 Å². The van der Waals surface area contributed by atoms with E-state index >= 15 is 4.39 Å². The second-order valence-corrected chi connectivity index (χ2v) is 11.4. The smallest absolute Gasteiger partial charge is 0.407 e. The summed E-state index contributed by atoms with van der Waals surface area (Å²) in [5, 5.41) is 32.5. The molecule has 1 aliphatic heterocycles. The summed E-state index contributed by atoms with van der Waals surface area (Å²) >= 11 is 0. The number of alkyl halides is 2. The number of hydrogen-bond donors (Lipinski definition) is 4. The largest absolute Gasteiger partial charge is 0.586 e.